The molecule has 0 aliphatic heterocycles. The zero-order valence-electron chi connectivity index (χ0n) is 9.82. The van der Waals surface area contributed by atoms with Crippen molar-refractivity contribution in [1.29, 1.82) is 0 Å². The van der Waals surface area contributed by atoms with Crippen molar-refractivity contribution in [2.45, 2.75) is 38.6 Å². The lowest BCUT2D eigenvalue weighted by atomic mass is 9.90. The molecule has 2 nitrogen and oxygen atoms in total. The Morgan fingerprint density at radius 1 is 1.12 bits per heavy atom. The second kappa shape index (κ2) is 5.90. The molecule has 0 unspecified atom stereocenters. The van der Waals surface area contributed by atoms with E-state index in [9.17, 15) is 0 Å². The van der Waals surface area contributed by atoms with Crippen LogP contribution < -0.4 is 10.5 Å². The van der Waals surface area contributed by atoms with Crippen LogP contribution in [0, 0.1) is 5.92 Å². The van der Waals surface area contributed by atoms with Crippen LogP contribution in [0.2, 0.25) is 0 Å². The molecule has 2 rings (SSSR count). The van der Waals surface area contributed by atoms with Gasteiger partial charge in [0, 0.05) is 12.1 Å². The van der Waals surface area contributed by atoms with Crippen molar-refractivity contribution in [2.75, 3.05) is 6.61 Å². The molecule has 0 bridgehead atoms. The van der Waals surface area contributed by atoms with Gasteiger partial charge in [0.2, 0.25) is 0 Å². The van der Waals surface area contributed by atoms with Crippen LogP contribution in [0.3, 0.4) is 0 Å². The Kier molecular flexibility index (Phi) is 4.23. The Bertz CT molecular complexity index is 318. The third-order valence-electron chi connectivity index (χ3n) is 3.39. The molecule has 0 radical (unpaired) electrons. The molecule has 1 saturated carbocycles. The summed E-state index contributed by atoms with van der Waals surface area (Å²) in [5, 5.41) is 0. The number of rotatable bonds is 4. The quantitative estimate of drug-likeness (QED) is 0.844. The Morgan fingerprint density at radius 2 is 1.88 bits per heavy atom. The van der Waals surface area contributed by atoms with Gasteiger partial charge in [0.15, 0.2) is 0 Å². The second-order valence-electron chi connectivity index (χ2n) is 4.63. The number of para-hydroxylation sites is 1. The van der Waals surface area contributed by atoms with Crippen LogP contribution in [0.4, 0.5) is 0 Å². The van der Waals surface area contributed by atoms with E-state index in [4.69, 9.17) is 10.5 Å². The van der Waals surface area contributed by atoms with Crippen LogP contribution in [0.15, 0.2) is 24.3 Å². The lowest BCUT2D eigenvalue weighted by Gasteiger charge is -2.22. The summed E-state index contributed by atoms with van der Waals surface area (Å²) in [7, 11) is 0. The summed E-state index contributed by atoms with van der Waals surface area (Å²) in [5.74, 6) is 1.72. The predicted octanol–water partition coefficient (Wildman–Crippen LogP) is 3.10. The van der Waals surface area contributed by atoms with Gasteiger partial charge in [0.05, 0.1) is 6.61 Å². The first-order valence-electron chi connectivity index (χ1n) is 6.31. The summed E-state index contributed by atoms with van der Waals surface area (Å²) in [4.78, 5) is 0. The highest BCUT2D eigenvalue weighted by atomic mass is 16.5. The summed E-state index contributed by atoms with van der Waals surface area (Å²) in [6.45, 7) is 1.41. The van der Waals surface area contributed by atoms with Crippen LogP contribution in [0.5, 0.6) is 5.75 Å². The van der Waals surface area contributed by atoms with Gasteiger partial charge in [-0.25, -0.2) is 0 Å². The minimum Gasteiger partial charge on any atom is -0.493 e. The van der Waals surface area contributed by atoms with Gasteiger partial charge in [0.25, 0.3) is 0 Å². The van der Waals surface area contributed by atoms with Gasteiger partial charge in [-0.1, -0.05) is 37.5 Å². The fourth-order valence-corrected chi connectivity index (χ4v) is 2.37. The van der Waals surface area contributed by atoms with Crippen LogP contribution >= 0.6 is 0 Å². The maximum absolute atomic E-state index is 5.89. The van der Waals surface area contributed by atoms with E-state index in [1.54, 1.807) is 0 Å². The van der Waals surface area contributed by atoms with Crippen LogP contribution in [0.1, 0.15) is 37.7 Å². The van der Waals surface area contributed by atoms with E-state index in [1.165, 1.54) is 32.1 Å². The summed E-state index contributed by atoms with van der Waals surface area (Å²) in [6, 6.07) is 8.08. The lowest BCUT2D eigenvalue weighted by Crippen LogP contribution is -2.16. The molecular weight excluding hydrogens is 198 g/mol. The standard InChI is InChI=1S/C14H21NO/c15-10-13-8-4-5-9-14(13)16-11-12-6-2-1-3-7-12/h4-5,8-9,12H,1-3,6-7,10-11,15H2. The predicted molar refractivity (Wildman–Crippen MR) is 66.4 cm³/mol. The van der Waals surface area contributed by atoms with Crippen molar-refractivity contribution in [2.24, 2.45) is 11.7 Å². The minimum absolute atomic E-state index is 0.556. The third-order valence-corrected chi connectivity index (χ3v) is 3.39. The molecule has 2 N–H and O–H groups in total. The zero-order valence-corrected chi connectivity index (χ0v) is 9.82. The number of hydrogen-bond acceptors (Lipinski definition) is 2. The average molecular weight is 219 g/mol. The molecule has 1 aliphatic carbocycles. The normalized spacial score (nSPS) is 17.3. The van der Waals surface area contributed by atoms with Crippen molar-refractivity contribution in [1.82, 2.24) is 0 Å². The SMILES string of the molecule is NCc1ccccc1OCC1CCCCC1. The molecule has 0 aromatic heterocycles. The Labute approximate surface area is 97.8 Å². The summed E-state index contributed by atoms with van der Waals surface area (Å²) in [6.07, 6.45) is 6.78. The molecule has 2 heteroatoms. The Balaban J connectivity index is 1.88. The topological polar surface area (TPSA) is 35.2 Å². The van der Waals surface area contributed by atoms with Gasteiger partial charge >= 0.3 is 0 Å². The van der Waals surface area contributed by atoms with E-state index in [1.807, 2.05) is 24.3 Å². The highest BCUT2D eigenvalue weighted by molar-refractivity contribution is 5.32. The zero-order chi connectivity index (χ0) is 11.2. The van der Waals surface area contributed by atoms with Crippen LogP contribution in [-0.4, -0.2) is 6.61 Å². The molecule has 0 spiro atoms. The van der Waals surface area contributed by atoms with Crippen molar-refractivity contribution in [3.63, 3.8) is 0 Å². The van der Waals surface area contributed by atoms with Crippen molar-refractivity contribution in [3.05, 3.63) is 29.8 Å². The van der Waals surface area contributed by atoms with Gasteiger partial charge < -0.3 is 10.5 Å². The van der Waals surface area contributed by atoms with Crippen LogP contribution in [-0.2, 0) is 6.54 Å². The van der Waals surface area contributed by atoms with Gasteiger partial charge in [-0.15, -0.1) is 0 Å². The second-order valence-corrected chi connectivity index (χ2v) is 4.63. The first kappa shape index (κ1) is 11.5. The van der Waals surface area contributed by atoms with E-state index in [2.05, 4.69) is 0 Å². The molecule has 0 atom stereocenters. The van der Waals surface area contributed by atoms with E-state index in [0.717, 1.165) is 23.8 Å². The molecule has 16 heavy (non-hydrogen) atoms. The number of nitrogens with two attached hydrogens (primary N) is 1. The van der Waals surface area contributed by atoms with Gasteiger partial charge in [-0.3, -0.25) is 0 Å². The Morgan fingerprint density at radius 3 is 2.62 bits per heavy atom. The molecule has 0 saturated heterocycles. The first-order valence-corrected chi connectivity index (χ1v) is 6.31. The molecule has 0 heterocycles. The van der Waals surface area contributed by atoms with Crippen LogP contribution in [0.25, 0.3) is 0 Å². The first-order chi connectivity index (χ1) is 7.90. The molecule has 88 valence electrons. The molecule has 0 amide bonds. The molecule has 1 fully saturated rings. The lowest BCUT2D eigenvalue weighted by molar-refractivity contribution is 0.207. The molecule has 1 aromatic rings. The average Bonchev–Trinajstić information content (AvgIpc) is 2.38. The van der Waals surface area contributed by atoms with Gasteiger partial charge in [-0.05, 0) is 24.8 Å². The van der Waals surface area contributed by atoms with Gasteiger partial charge in [0.1, 0.15) is 5.75 Å². The number of hydrogen-bond donors (Lipinski definition) is 1. The highest BCUT2D eigenvalue weighted by Crippen LogP contribution is 2.25. The molecule has 1 aromatic carbocycles. The summed E-state index contributed by atoms with van der Waals surface area (Å²) < 4.78 is 5.89. The highest BCUT2D eigenvalue weighted by Gasteiger charge is 2.14. The largest absolute Gasteiger partial charge is 0.493 e. The van der Waals surface area contributed by atoms with Crippen molar-refractivity contribution >= 4 is 0 Å². The van der Waals surface area contributed by atoms with Gasteiger partial charge in [-0.2, -0.15) is 0 Å². The van der Waals surface area contributed by atoms with E-state index in [-0.39, 0.29) is 0 Å². The molecule has 1 aliphatic rings. The maximum Gasteiger partial charge on any atom is 0.123 e. The Hall–Kier alpha value is -1.02. The van der Waals surface area contributed by atoms with E-state index in [0.29, 0.717) is 6.54 Å². The van der Waals surface area contributed by atoms with Crippen molar-refractivity contribution < 1.29 is 4.74 Å². The maximum atomic E-state index is 5.89. The number of ether oxygens (including phenoxy) is 1. The fraction of sp³-hybridized carbons (Fsp3) is 0.571. The third kappa shape index (κ3) is 2.99. The van der Waals surface area contributed by atoms with Crippen molar-refractivity contribution in [3.8, 4) is 5.75 Å². The monoisotopic (exact) mass is 219 g/mol. The fourth-order valence-electron chi connectivity index (χ4n) is 2.37. The minimum atomic E-state index is 0.556. The molecular formula is C14H21NO. The summed E-state index contributed by atoms with van der Waals surface area (Å²) >= 11 is 0. The smallest absolute Gasteiger partial charge is 0.123 e. The number of benzene rings is 1. The van der Waals surface area contributed by atoms with E-state index < -0.39 is 0 Å². The summed E-state index contributed by atoms with van der Waals surface area (Å²) in [5.41, 5.74) is 6.79. The van der Waals surface area contributed by atoms with E-state index >= 15 is 0 Å².